The molecule has 0 fully saturated rings. The number of nitrogens with zero attached hydrogens (tertiary/aromatic N) is 9. The minimum Gasteiger partial charge on any atom is -0.493 e. The first kappa shape index (κ1) is 30.4. The molecule has 0 spiro atoms. The van der Waals surface area contributed by atoms with E-state index in [-0.39, 0.29) is 24.1 Å². The van der Waals surface area contributed by atoms with Crippen LogP contribution in [0, 0.1) is 0 Å². The Morgan fingerprint density at radius 2 is 1.61 bits per heavy atom. The first-order valence-corrected chi connectivity index (χ1v) is 15.3. The van der Waals surface area contributed by atoms with Gasteiger partial charge in [-0.15, -0.1) is 5.10 Å². The minimum atomic E-state index is -0.251. The van der Waals surface area contributed by atoms with E-state index in [0.29, 0.717) is 69.2 Å². The molecular formula is C33H35N9O4. The molecule has 0 unspecified atom stereocenters. The highest BCUT2D eigenvalue weighted by atomic mass is 16.5. The van der Waals surface area contributed by atoms with Crippen LogP contribution in [0.5, 0.6) is 11.5 Å². The van der Waals surface area contributed by atoms with Crippen LogP contribution in [0.25, 0.3) is 17.1 Å². The maximum absolute atomic E-state index is 13.7. The Bertz CT molecular complexity index is 1760. The summed E-state index contributed by atoms with van der Waals surface area (Å²) in [5, 5.41) is 8.35. The molecule has 3 aromatic heterocycles. The largest absolute Gasteiger partial charge is 0.493 e. The number of amides is 2. The molecule has 1 aliphatic heterocycles. The molecule has 2 aromatic carbocycles. The van der Waals surface area contributed by atoms with Gasteiger partial charge in [-0.3, -0.25) is 14.6 Å². The van der Waals surface area contributed by atoms with Gasteiger partial charge in [0, 0.05) is 56.5 Å². The lowest BCUT2D eigenvalue weighted by molar-refractivity contribution is 0.0698. The second-order valence-electron chi connectivity index (χ2n) is 10.8. The molecule has 46 heavy (non-hydrogen) atoms. The Labute approximate surface area is 266 Å². The Balaban J connectivity index is 1.26. The number of fused-ring (bicyclic) bond motifs is 4. The van der Waals surface area contributed by atoms with Crippen LogP contribution in [-0.2, 0) is 6.54 Å². The fourth-order valence-corrected chi connectivity index (χ4v) is 5.41. The third-order valence-electron chi connectivity index (χ3n) is 7.78. The molecule has 13 heteroatoms. The van der Waals surface area contributed by atoms with Crippen LogP contribution in [0.1, 0.15) is 40.2 Å². The zero-order valence-corrected chi connectivity index (χ0v) is 25.6. The lowest BCUT2D eigenvalue weighted by Crippen LogP contribution is -2.37. The van der Waals surface area contributed by atoms with Gasteiger partial charge in [0.15, 0.2) is 17.2 Å². The van der Waals surface area contributed by atoms with E-state index in [4.69, 9.17) is 9.47 Å². The lowest BCUT2D eigenvalue weighted by Gasteiger charge is -2.24. The maximum atomic E-state index is 13.7. The Morgan fingerprint density at radius 3 is 2.39 bits per heavy atom. The van der Waals surface area contributed by atoms with Crippen molar-refractivity contribution in [1.29, 1.82) is 0 Å². The SMILES string of the molecule is COc1ccc2cc1OCCN(C(=O)c1cn(-c3ccccc3)nn1)CCCCN(C(=O)c1cnccn1)CCCn1ccnc1-2. The lowest BCUT2D eigenvalue weighted by atomic mass is 10.2. The quantitative estimate of drug-likeness (QED) is 0.294. The second kappa shape index (κ2) is 14.5. The van der Waals surface area contributed by atoms with E-state index in [0.717, 1.165) is 17.1 Å². The molecule has 0 saturated heterocycles. The number of para-hydroxylation sites is 1. The van der Waals surface area contributed by atoms with Gasteiger partial charge in [0.2, 0.25) is 0 Å². The number of carbonyl (C=O) groups is 2. The summed E-state index contributed by atoms with van der Waals surface area (Å²) in [7, 11) is 1.60. The van der Waals surface area contributed by atoms with E-state index in [1.807, 2.05) is 59.6 Å². The second-order valence-corrected chi connectivity index (χ2v) is 10.8. The number of rotatable bonds is 4. The van der Waals surface area contributed by atoms with Gasteiger partial charge < -0.3 is 23.8 Å². The molecule has 2 amide bonds. The molecule has 4 heterocycles. The van der Waals surface area contributed by atoms with E-state index < -0.39 is 0 Å². The van der Waals surface area contributed by atoms with Gasteiger partial charge in [0.05, 0.1) is 31.7 Å². The minimum absolute atomic E-state index is 0.171. The van der Waals surface area contributed by atoms with Crippen LogP contribution in [0.3, 0.4) is 0 Å². The van der Waals surface area contributed by atoms with Crippen molar-refractivity contribution in [3.63, 3.8) is 0 Å². The summed E-state index contributed by atoms with van der Waals surface area (Å²) in [5.41, 5.74) is 2.21. The Morgan fingerprint density at radius 1 is 0.826 bits per heavy atom. The number of ether oxygens (including phenoxy) is 2. The first-order valence-electron chi connectivity index (χ1n) is 15.3. The van der Waals surface area contributed by atoms with Crippen molar-refractivity contribution in [3.8, 4) is 28.6 Å². The molecule has 1 aliphatic rings. The first-order chi connectivity index (χ1) is 22.6. The van der Waals surface area contributed by atoms with Crippen LogP contribution in [0.4, 0.5) is 0 Å². The van der Waals surface area contributed by atoms with Gasteiger partial charge in [0.25, 0.3) is 11.8 Å². The zero-order valence-electron chi connectivity index (χ0n) is 25.6. The monoisotopic (exact) mass is 621 g/mol. The fraction of sp³-hybridized carbons (Fsp3) is 0.303. The average molecular weight is 622 g/mol. The van der Waals surface area contributed by atoms with Gasteiger partial charge in [-0.1, -0.05) is 23.4 Å². The summed E-state index contributed by atoms with van der Waals surface area (Å²) in [4.78, 5) is 43.6. The Hall–Kier alpha value is -5.59. The van der Waals surface area contributed by atoms with Crippen LogP contribution in [-0.4, -0.2) is 96.0 Å². The molecule has 5 aromatic rings. The Kier molecular flexibility index (Phi) is 9.57. The van der Waals surface area contributed by atoms with Gasteiger partial charge in [-0.05, 0) is 49.6 Å². The highest BCUT2D eigenvalue weighted by Gasteiger charge is 2.22. The van der Waals surface area contributed by atoms with Gasteiger partial charge in [-0.2, -0.15) is 0 Å². The highest BCUT2D eigenvalue weighted by molar-refractivity contribution is 5.92. The molecule has 0 saturated carbocycles. The van der Waals surface area contributed by atoms with Crippen LogP contribution in [0.2, 0.25) is 0 Å². The molecule has 236 valence electrons. The van der Waals surface area contributed by atoms with E-state index in [2.05, 4.69) is 29.8 Å². The number of aryl methyl sites for hydroxylation is 1. The van der Waals surface area contributed by atoms with E-state index >= 15 is 0 Å². The number of benzene rings is 2. The van der Waals surface area contributed by atoms with E-state index in [1.165, 1.54) is 12.4 Å². The van der Waals surface area contributed by atoms with E-state index in [1.54, 1.807) is 35.3 Å². The summed E-state index contributed by atoms with van der Waals surface area (Å²) in [6.45, 7) is 2.67. The third-order valence-corrected chi connectivity index (χ3v) is 7.78. The molecule has 13 nitrogen and oxygen atoms in total. The van der Waals surface area contributed by atoms with Crippen LogP contribution < -0.4 is 9.47 Å². The van der Waals surface area contributed by atoms with Crippen molar-refractivity contribution in [2.75, 3.05) is 39.9 Å². The maximum Gasteiger partial charge on any atom is 0.276 e. The van der Waals surface area contributed by atoms with Crippen molar-refractivity contribution >= 4 is 11.8 Å². The predicted octanol–water partition coefficient (Wildman–Crippen LogP) is 3.78. The van der Waals surface area contributed by atoms with Crippen LogP contribution in [0.15, 0.2) is 85.7 Å². The van der Waals surface area contributed by atoms with Crippen molar-refractivity contribution in [2.45, 2.75) is 25.8 Å². The number of hydrogen-bond acceptors (Lipinski definition) is 9. The number of carbonyl (C=O) groups excluding carboxylic acids is 2. The molecule has 0 aliphatic carbocycles. The number of aromatic nitrogens is 7. The van der Waals surface area contributed by atoms with Crippen molar-refractivity contribution in [3.05, 3.63) is 97.1 Å². The highest BCUT2D eigenvalue weighted by Crippen LogP contribution is 2.32. The van der Waals surface area contributed by atoms with E-state index in [9.17, 15) is 9.59 Å². The van der Waals surface area contributed by atoms with Crippen molar-refractivity contribution < 1.29 is 19.1 Å². The number of methoxy groups -OCH3 is 1. The zero-order chi connectivity index (χ0) is 31.7. The number of hydrogen-bond donors (Lipinski definition) is 0. The molecule has 6 rings (SSSR count). The van der Waals surface area contributed by atoms with Crippen molar-refractivity contribution in [2.24, 2.45) is 0 Å². The summed E-state index contributed by atoms with van der Waals surface area (Å²) in [6, 6.07) is 15.2. The molecule has 0 radical (unpaired) electrons. The predicted molar refractivity (Wildman–Crippen MR) is 169 cm³/mol. The van der Waals surface area contributed by atoms with Gasteiger partial charge in [0.1, 0.15) is 18.1 Å². The normalized spacial score (nSPS) is 14.5. The molecule has 0 atom stereocenters. The summed E-state index contributed by atoms with van der Waals surface area (Å²) in [6.07, 6.45) is 11.9. The summed E-state index contributed by atoms with van der Waals surface area (Å²) < 4.78 is 15.4. The summed E-state index contributed by atoms with van der Waals surface area (Å²) in [5.74, 6) is 1.50. The summed E-state index contributed by atoms with van der Waals surface area (Å²) >= 11 is 0. The average Bonchev–Trinajstić information content (AvgIpc) is 3.79. The number of imidazole rings is 1. The fourth-order valence-electron chi connectivity index (χ4n) is 5.41. The van der Waals surface area contributed by atoms with Gasteiger partial charge in [-0.25, -0.2) is 14.6 Å². The van der Waals surface area contributed by atoms with Crippen molar-refractivity contribution in [1.82, 2.24) is 44.3 Å². The molecule has 2 bridgehead atoms. The molecule has 0 N–H and O–H groups in total. The van der Waals surface area contributed by atoms with Gasteiger partial charge >= 0.3 is 0 Å². The standard InChI is InChI=1S/C33H35N9O4/c1-45-29-11-10-25-22-30(29)46-21-20-41(33(44)28-24-42(38-37-28)26-8-3-2-4-9-26)16-6-5-15-40(32(43)27-23-34-12-13-35-27)18-7-17-39-19-14-36-31(25)39/h2-4,8-14,19,22-24H,5-7,15-18,20-21H2,1H3. The molecular weight excluding hydrogens is 586 g/mol. The van der Waals surface area contributed by atoms with Crippen LogP contribution >= 0.6 is 0 Å². The topological polar surface area (TPSA) is 133 Å². The third kappa shape index (κ3) is 7.04. The smallest absolute Gasteiger partial charge is 0.276 e.